The van der Waals surface area contributed by atoms with Crippen LogP contribution in [0.5, 0.6) is 0 Å². The maximum atomic E-state index is 11.3. The quantitative estimate of drug-likeness (QED) is 0.214. The van der Waals surface area contributed by atoms with Crippen LogP contribution in [0.1, 0.15) is 39.0 Å². The number of nitrogens with zero attached hydrogens (tertiary/aromatic N) is 2. The fourth-order valence-corrected chi connectivity index (χ4v) is 3.32. The Morgan fingerprint density at radius 2 is 2.16 bits per heavy atom. The van der Waals surface area contributed by atoms with Gasteiger partial charge in [-0.2, -0.15) is 0 Å². The highest BCUT2D eigenvalue weighted by Crippen LogP contribution is 2.15. The zero-order chi connectivity index (χ0) is 17.2. The summed E-state index contributed by atoms with van der Waals surface area (Å²) in [5, 5.41) is 6.66. The van der Waals surface area contributed by atoms with Crippen LogP contribution in [-0.4, -0.2) is 68.7 Å². The molecule has 2 fully saturated rings. The molecule has 2 aliphatic rings. The van der Waals surface area contributed by atoms with E-state index in [1.54, 1.807) is 0 Å². The van der Waals surface area contributed by atoms with E-state index in [1.165, 1.54) is 0 Å². The summed E-state index contributed by atoms with van der Waals surface area (Å²) in [5.41, 5.74) is 5.43. The predicted octanol–water partition coefficient (Wildman–Crippen LogP) is 0.926. The molecule has 4 N–H and O–H groups in total. The first-order valence-corrected chi connectivity index (χ1v) is 9.34. The number of rotatable bonds is 8. The van der Waals surface area contributed by atoms with E-state index < -0.39 is 0 Å². The van der Waals surface area contributed by atoms with Crippen molar-refractivity contribution in [1.29, 1.82) is 0 Å². The number of ether oxygens (including phenoxy) is 1. The number of piperidine rings is 1. The third kappa shape index (κ3) is 8.54. The van der Waals surface area contributed by atoms with Crippen molar-refractivity contribution in [3.8, 4) is 0 Å². The van der Waals surface area contributed by atoms with Crippen LogP contribution < -0.4 is 16.4 Å². The SMILES string of the molecule is CCNC(=NCC1CCCO1)NCCCN1CCCC(C(N)=O)C1.I. The first-order chi connectivity index (χ1) is 11.7. The number of carbonyl (C=O) groups excluding carboxylic acids is 1. The molecule has 25 heavy (non-hydrogen) atoms. The fraction of sp³-hybridized carbons (Fsp3) is 0.882. The van der Waals surface area contributed by atoms with Crippen LogP contribution >= 0.6 is 24.0 Å². The number of guanidine groups is 1. The van der Waals surface area contributed by atoms with Gasteiger partial charge in [-0.1, -0.05) is 0 Å². The maximum Gasteiger partial charge on any atom is 0.221 e. The van der Waals surface area contributed by atoms with E-state index in [2.05, 4.69) is 27.4 Å². The molecule has 0 bridgehead atoms. The Kier molecular flexibility index (Phi) is 11.4. The van der Waals surface area contributed by atoms with Crippen LogP contribution in [0.25, 0.3) is 0 Å². The monoisotopic (exact) mass is 467 g/mol. The van der Waals surface area contributed by atoms with Crippen molar-refractivity contribution in [3.05, 3.63) is 0 Å². The van der Waals surface area contributed by atoms with Gasteiger partial charge < -0.3 is 26.0 Å². The Morgan fingerprint density at radius 3 is 2.84 bits per heavy atom. The highest BCUT2D eigenvalue weighted by atomic mass is 127. The van der Waals surface area contributed by atoms with Crippen LogP contribution in [0.3, 0.4) is 0 Å². The average molecular weight is 467 g/mol. The van der Waals surface area contributed by atoms with E-state index in [9.17, 15) is 4.79 Å². The Morgan fingerprint density at radius 1 is 1.32 bits per heavy atom. The molecule has 0 aliphatic carbocycles. The molecule has 0 aromatic heterocycles. The van der Waals surface area contributed by atoms with Gasteiger partial charge in [-0.3, -0.25) is 9.79 Å². The summed E-state index contributed by atoms with van der Waals surface area (Å²) in [5.74, 6) is 0.729. The van der Waals surface area contributed by atoms with Gasteiger partial charge in [0.15, 0.2) is 5.96 Å². The number of halogens is 1. The van der Waals surface area contributed by atoms with Gasteiger partial charge in [0.2, 0.25) is 5.91 Å². The van der Waals surface area contributed by atoms with Gasteiger partial charge in [-0.25, -0.2) is 0 Å². The number of likely N-dealkylation sites (tertiary alicyclic amines) is 1. The molecule has 2 heterocycles. The molecule has 0 aromatic carbocycles. The van der Waals surface area contributed by atoms with Crippen LogP contribution in [0, 0.1) is 5.92 Å². The molecule has 2 saturated heterocycles. The van der Waals surface area contributed by atoms with Crippen LogP contribution in [0.15, 0.2) is 4.99 Å². The van der Waals surface area contributed by atoms with Crippen molar-refractivity contribution in [1.82, 2.24) is 15.5 Å². The second kappa shape index (κ2) is 12.7. The smallest absolute Gasteiger partial charge is 0.221 e. The molecule has 146 valence electrons. The summed E-state index contributed by atoms with van der Waals surface area (Å²) in [6.45, 7) is 8.25. The van der Waals surface area contributed by atoms with E-state index in [0.29, 0.717) is 0 Å². The minimum absolute atomic E-state index is 0. The first-order valence-electron chi connectivity index (χ1n) is 9.34. The third-order valence-electron chi connectivity index (χ3n) is 4.67. The van der Waals surface area contributed by atoms with Gasteiger partial charge in [-0.05, 0) is 52.1 Å². The maximum absolute atomic E-state index is 11.3. The molecule has 2 unspecified atom stereocenters. The zero-order valence-corrected chi connectivity index (χ0v) is 17.7. The highest BCUT2D eigenvalue weighted by Gasteiger charge is 2.23. The molecule has 0 aromatic rings. The number of primary amides is 1. The van der Waals surface area contributed by atoms with E-state index in [1.807, 2.05) is 0 Å². The number of aliphatic imine (C=N–C) groups is 1. The lowest BCUT2D eigenvalue weighted by molar-refractivity contribution is -0.123. The van der Waals surface area contributed by atoms with Crippen molar-refractivity contribution in [3.63, 3.8) is 0 Å². The Balaban J connectivity index is 0.00000312. The van der Waals surface area contributed by atoms with E-state index >= 15 is 0 Å². The summed E-state index contributed by atoms with van der Waals surface area (Å²) in [6, 6.07) is 0. The Hall–Kier alpha value is -0.610. The molecule has 0 spiro atoms. The lowest BCUT2D eigenvalue weighted by atomic mass is 9.97. The number of amides is 1. The normalized spacial score (nSPS) is 24.6. The van der Waals surface area contributed by atoms with Gasteiger partial charge in [-0.15, -0.1) is 24.0 Å². The molecule has 2 aliphatic heterocycles. The molecule has 8 heteroatoms. The fourth-order valence-electron chi connectivity index (χ4n) is 3.32. The molecular formula is C17H34IN5O2. The minimum Gasteiger partial charge on any atom is -0.376 e. The van der Waals surface area contributed by atoms with Gasteiger partial charge in [0.05, 0.1) is 18.6 Å². The van der Waals surface area contributed by atoms with Crippen molar-refractivity contribution in [2.45, 2.75) is 45.1 Å². The standard InChI is InChI=1S/C17H33N5O2.HI/c1-2-19-17(21-12-15-7-4-11-24-15)20-8-5-10-22-9-3-6-14(13-22)16(18)23;/h14-15H,2-13H2,1H3,(H2,18,23)(H2,19,20,21);1H. The predicted molar refractivity (Wildman–Crippen MR) is 111 cm³/mol. The van der Waals surface area contributed by atoms with E-state index in [4.69, 9.17) is 10.5 Å². The number of carbonyl (C=O) groups is 1. The molecular weight excluding hydrogens is 433 g/mol. The molecule has 7 nitrogen and oxygen atoms in total. The van der Waals surface area contributed by atoms with Crippen LogP contribution in [0.4, 0.5) is 0 Å². The molecule has 2 rings (SSSR count). The Bertz CT molecular complexity index is 416. The number of nitrogens with two attached hydrogens (primary N) is 1. The lowest BCUT2D eigenvalue weighted by Crippen LogP contribution is -2.43. The first kappa shape index (κ1) is 22.4. The summed E-state index contributed by atoms with van der Waals surface area (Å²) >= 11 is 0. The number of hydrogen-bond acceptors (Lipinski definition) is 4. The molecule has 0 saturated carbocycles. The Labute approximate surface area is 168 Å². The second-order valence-corrected chi connectivity index (χ2v) is 6.68. The van der Waals surface area contributed by atoms with Gasteiger partial charge in [0, 0.05) is 26.2 Å². The minimum atomic E-state index is -0.159. The highest BCUT2D eigenvalue weighted by molar-refractivity contribution is 14.0. The van der Waals surface area contributed by atoms with Crippen LogP contribution in [-0.2, 0) is 9.53 Å². The largest absolute Gasteiger partial charge is 0.376 e. The van der Waals surface area contributed by atoms with Gasteiger partial charge in [0.1, 0.15) is 0 Å². The third-order valence-corrected chi connectivity index (χ3v) is 4.67. The summed E-state index contributed by atoms with van der Waals surface area (Å²) in [6.07, 6.45) is 5.55. The number of hydrogen-bond donors (Lipinski definition) is 3. The summed E-state index contributed by atoms with van der Waals surface area (Å²) in [4.78, 5) is 18.3. The van der Waals surface area contributed by atoms with Crippen molar-refractivity contribution >= 4 is 35.8 Å². The van der Waals surface area contributed by atoms with E-state index in [0.717, 1.165) is 83.9 Å². The summed E-state index contributed by atoms with van der Waals surface area (Å²) < 4.78 is 5.61. The lowest BCUT2D eigenvalue weighted by Gasteiger charge is -2.31. The van der Waals surface area contributed by atoms with E-state index in [-0.39, 0.29) is 41.9 Å². The topological polar surface area (TPSA) is 92.0 Å². The molecule has 2 atom stereocenters. The average Bonchev–Trinajstić information content (AvgIpc) is 3.10. The van der Waals surface area contributed by atoms with Gasteiger partial charge in [0.25, 0.3) is 0 Å². The molecule has 0 radical (unpaired) electrons. The van der Waals surface area contributed by atoms with Crippen molar-refractivity contribution in [2.75, 3.05) is 45.9 Å². The summed E-state index contributed by atoms with van der Waals surface area (Å²) in [7, 11) is 0. The molecule has 1 amide bonds. The van der Waals surface area contributed by atoms with Gasteiger partial charge >= 0.3 is 0 Å². The van der Waals surface area contributed by atoms with Crippen LogP contribution in [0.2, 0.25) is 0 Å². The van der Waals surface area contributed by atoms with Crippen molar-refractivity contribution < 1.29 is 9.53 Å². The zero-order valence-electron chi connectivity index (χ0n) is 15.3. The second-order valence-electron chi connectivity index (χ2n) is 6.68. The number of nitrogens with one attached hydrogen (secondary N) is 2. The van der Waals surface area contributed by atoms with Crippen molar-refractivity contribution in [2.24, 2.45) is 16.6 Å².